The van der Waals surface area contributed by atoms with E-state index in [-0.39, 0.29) is 12.0 Å². The van der Waals surface area contributed by atoms with E-state index in [1.807, 2.05) is 0 Å². The van der Waals surface area contributed by atoms with Crippen LogP contribution in [-0.4, -0.2) is 25.0 Å². The molecule has 6 heteroatoms. The van der Waals surface area contributed by atoms with Crippen molar-refractivity contribution in [3.8, 4) is 0 Å². The molecule has 0 saturated carbocycles. The van der Waals surface area contributed by atoms with Gasteiger partial charge in [-0.3, -0.25) is 4.79 Å². The molecular weight excluding hydrogens is 286 g/mol. The van der Waals surface area contributed by atoms with Gasteiger partial charge in [-0.25, -0.2) is 4.79 Å². The molecule has 22 heavy (non-hydrogen) atoms. The molecule has 0 aromatic heterocycles. The minimum absolute atomic E-state index is 0.217. The van der Waals surface area contributed by atoms with Crippen molar-refractivity contribution < 1.29 is 24.2 Å². The molecule has 1 aromatic carbocycles. The molecule has 0 saturated heterocycles. The maximum absolute atomic E-state index is 12.4. The Kier molecular flexibility index (Phi) is 4.93. The van der Waals surface area contributed by atoms with Gasteiger partial charge in [-0.1, -0.05) is 24.3 Å². The zero-order chi connectivity index (χ0) is 16.1. The van der Waals surface area contributed by atoms with E-state index in [9.17, 15) is 19.5 Å². The molecule has 1 amide bonds. The molecule has 0 bridgehead atoms. The topological polar surface area (TPSA) is 95.5 Å². The predicted molar refractivity (Wildman–Crippen MR) is 76.8 cm³/mol. The molecule has 1 aliphatic carbocycles. The van der Waals surface area contributed by atoms with Crippen molar-refractivity contribution in [2.24, 2.45) is 11.8 Å². The van der Waals surface area contributed by atoms with Gasteiger partial charge >= 0.3 is 5.97 Å². The summed E-state index contributed by atoms with van der Waals surface area (Å²) in [5.41, 5.74) is 0.515. The number of ether oxygens (including phenoxy) is 1. The second-order valence-corrected chi connectivity index (χ2v) is 5.00. The summed E-state index contributed by atoms with van der Waals surface area (Å²) in [6.45, 7) is 0. The number of aliphatic carboxylic acids is 1. The number of hydrogen-bond acceptors (Lipinski definition) is 5. The fourth-order valence-corrected chi connectivity index (χ4v) is 2.47. The van der Waals surface area contributed by atoms with E-state index in [0.717, 1.165) is 0 Å². The third-order valence-electron chi connectivity index (χ3n) is 3.66. The summed E-state index contributed by atoms with van der Waals surface area (Å²) in [6, 6.07) is 6.41. The highest BCUT2D eigenvalue weighted by Gasteiger charge is 2.30. The number of amides is 1. The third-order valence-corrected chi connectivity index (χ3v) is 3.66. The first-order valence-corrected chi connectivity index (χ1v) is 6.88. The van der Waals surface area contributed by atoms with Crippen molar-refractivity contribution in [2.75, 3.05) is 12.4 Å². The molecule has 1 aromatic rings. The fourth-order valence-electron chi connectivity index (χ4n) is 2.47. The van der Waals surface area contributed by atoms with E-state index >= 15 is 0 Å². The Labute approximate surface area is 127 Å². The predicted octanol–water partition coefficient (Wildman–Crippen LogP) is 0.744. The highest BCUT2D eigenvalue weighted by Crippen LogP contribution is 2.27. The number of carbonyl (C=O) groups is 3. The van der Waals surface area contributed by atoms with Crippen molar-refractivity contribution in [2.45, 2.75) is 12.8 Å². The number of nitrogens with one attached hydrogen (secondary N) is 1. The summed E-state index contributed by atoms with van der Waals surface area (Å²) in [5, 5.41) is 13.8. The Morgan fingerprint density at radius 3 is 2.41 bits per heavy atom. The smallest absolute Gasteiger partial charge is 0.339 e. The second kappa shape index (κ2) is 6.89. The molecule has 2 rings (SSSR count). The number of rotatable bonds is 4. The molecule has 116 valence electrons. The molecule has 0 aliphatic heterocycles. The molecule has 6 nitrogen and oxygen atoms in total. The number of methoxy groups -OCH3 is 1. The minimum atomic E-state index is -1.24. The third kappa shape index (κ3) is 3.33. The fraction of sp³-hybridized carbons (Fsp3) is 0.312. The van der Waals surface area contributed by atoms with Gasteiger partial charge in [0.15, 0.2) is 0 Å². The molecule has 0 heterocycles. The maximum Gasteiger partial charge on any atom is 0.339 e. The highest BCUT2D eigenvalue weighted by molar-refractivity contribution is 6.02. The van der Waals surface area contributed by atoms with Gasteiger partial charge in [-0.2, -0.15) is 0 Å². The number of para-hydroxylation sites is 1. The van der Waals surface area contributed by atoms with Crippen LogP contribution in [0.3, 0.4) is 0 Å². The van der Waals surface area contributed by atoms with E-state index in [1.165, 1.54) is 13.2 Å². The van der Waals surface area contributed by atoms with Gasteiger partial charge in [0.25, 0.3) is 0 Å². The molecule has 1 aliphatic rings. The average Bonchev–Trinajstić information content (AvgIpc) is 2.54. The summed E-state index contributed by atoms with van der Waals surface area (Å²) in [7, 11) is 1.25. The van der Waals surface area contributed by atoms with Gasteiger partial charge in [0.1, 0.15) is 0 Å². The molecular formula is C16H16NO5-. The second-order valence-electron chi connectivity index (χ2n) is 5.00. The number of hydrogen-bond donors (Lipinski definition) is 1. The van der Waals surface area contributed by atoms with Gasteiger partial charge < -0.3 is 20.0 Å². The number of benzene rings is 1. The summed E-state index contributed by atoms with van der Waals surface area (Å²) >= 11 is 0. The summed E-state index contributed by atoms with van der Waals surface area (Å²) in [6.07, 6.45) is 4.09. The summed E-state index contributed by atoms with van der Waals surface area (Å²) in [4.78, 5) is 35.2. The monoisotopic (exact) mass is 302 g/mol. The molecule has 0 unspecified atom stereocenters. The summed E-state index contributed by atoms with van der Waals surface area (Å²) in [5.74, 6) is -3.85. The Morgan fingerprint density at radius 2 is 1.77 bits per heavy atom. The van der Waals surface area contributed by atoms with Crippen molar-refractivity contribution in [1.29, 1.82) is 0 Å². The lowest BCUT2D eigenvalue weighted by Crippen LogP contribution is -2.41. The average molecular weight is 302 g/mol. The van der Waals surface area contributed by atoms with E-state index < -0.39 is 29.7 Å². The van der Waals surface area contributed by atoms with Gasteiger partial charge in [-0.15, -0.1) is 0 Å². The number of anilines is 1. The van der Waals surface area contributed by atoms with E-state index in [2.05, 4.69) is 10.1 Å². The lowest BCUT2D eigenvalue weighted by Gasteiger charge is -2.28. The Hall–Kier alpha value is -2.63. The van der Waals surface area contributed by atoms with Crippen LogP contribution in [0.5, 0.6) is 0 Å². The van der Waals surface area contributed by atoms with Crippen LogP contribution >= 0.6 is 0 Å². The lowest BCUT2D eigenvalue weighted by atomic mass is 9.82. The molecule has 1 N–H and O–H groups in total. The van der Waals surface area contributed by atoms with Gasteiger partial charge in [0, 0.05) is 11.9 Å². The Morgan fingerprint density at radius 1 is 1.14 bits per heavy atom. The maximum atomic E-state index is 12.4. The van der Waals surface area contributed by atoms with Gasteiger partial charge in [-0.05, 0) is 25.0 Å². The minimum Gasteiger partial charge on any atom is -0.550 e. The van der Waals surface area contributed by atoms with Crippen LogP contribution in [0.1, 0.15) is 23.2 Å². The zero-order valence-corrected chi connectivity index (χ0v) is 12.1. The number of esters is 1. The van der Waals surface area contributed by atoms with Gasteiger partial charge in [0.2, 0.25) is 5.91 Å². The zero-order valence-electron chi connectivity index (χ0n) is 12.1. The standard InChI is InChI=1S/C16H17NO5/c1-22-16(21)12-8-4-5-9-13(12)17-14(18)10-6-2-3-7-11(10)15(19)20/h2-5,8-11H,6-7H2,1H3,(H,17,18)(H,19,20)/p-1/t10-,11+/m1/s1. The van der Waals surface area contributed by atoms with Crippen molar-refractivity contribution >= 4 is 23.5 Å². The van der Waals surface area contributed by atoms with Crippen molar-refractivity contribution in [3.05, 3.63) is 42.0 Å². The first-order valence-electron chi connectivity index (χ1n) is 6.88. The van der Waals surface area contributed by atoms with Crippen LogP contribution in [0.2, 0.25) is 0 Å². The van der Waals surface area contributed by atoms with Crippen LogP contribution in [-0.2, 0) is 14.3 Å². The van der Waals surface area contributed by atoms with Crippen LogP contribution < -0.4 is 10.4 Å². The highest BCUT2D eigenvalue weighted by atomic mass is 16.5. The van der Waals surface area contributed by atoms with Crippen molar-refractivity contribution in [1.82, 2.24) is 0 Å². The molecule has 0 spiro atoms. The molecule has 0 radical (unpaired) electrons. The van der Waals surface area contributed by atoms with Crippen molar-refractivity contribution in [3.63, 3.8) is 0 Å². The Bertz CT molecular complexity index is 623. The number of carboxylic acid groups (broad SMARTS) is 1. The largest absolute Gasteiger partial charge is 0.550 e. The van der Waals surface area contributed by atoms with Crippen LogP contribution in [0.4, 0.5) is 5.69 Å². The van der Waals surface area contributed by atoms with E-state index in [0.29, 0.717) is 12.1 Å². The van der Waals surface area contributed by atoms with E-state index in [1.54, 1.807) is 30.4 Å². The SMILES string of the molecule is COC(=O)c1ccccc1NC(=O)[C@@H]1CC=CC[C@@H]1C(=O)[O-]. The first-order chi connectivity index (χ1) is 10.5. The number of carboxylic acids is 1. The van der Waals surface area contributed by atoms with Crippen LogP contribution in [0, 0.1) is 11.8 Å². The summed E-state index contributed by atoms with van der Waals surface area (Å²) < 4.78 is 4.66. The number of carbonyl (C=O) groups excluding carboxylic acids is 3. The number of allylic oxidation sites excluding steroid dienone is 2. The first kappa shape index (κ1) is 15.8. The molecule has 0 fully saturated rings. The van der Waals surface area contributed by atoms with Crippen LogP contribution in [0.25, 0.3) is 0 Å². The molecule has 2 atom stereocenters. The lowest BCUT2D eigenvalue weighted by molar-refractivity contribution is -0.313. The van der Waals surface area contributed by atoms with Crippen LogP contribution in [0.15, 0.2) is 36.4 Å². The quantitative estimate of drug-likeness (QED) is 0.654. The Balaban J connectivity index is 2.20. The normalized spacial score (nSPS) is 20.2. The van der Waals surface area contributed by atoms with E-state index in [4.69, 9.17) is 0 Å². The van der Waals surface area contributed by atoms with Gasteiger partial charge in [0.05, 0.1) is 24.3 Å².